The van der Waals surface area contributed by atoms with E-state index < -0.39 is 8.25 Å². The number of allylic oxidation sites excluding steroid dienone is 2. The smallest absolute Gasteiger partial charge is 0.314 e. The summed E-state index contributed by atoms with van der Waals surface area (Å²) in [6, 6.07) is 0. The van der Waals surface area contributed by atoms with Gasteiger partial charge in [-0.05, 0) is 44.4 Å². The summed E-state index contributed by atoms with van der Waals surface area (Å²) in [5.41, 5.74) is 1.78. The summed E-state index contributed by atoms with van der Waals surface area (Å²) in [7, 11) is -3.13. The van der Waals surface area contributed by atoms with E-state index in [-0.39, 0.29) is 0 Å². The van der Waals surface area contributed by atoms with Gasteiger partial charge in [0, 0.05) is 0 Å². The molecule has 0 aliphatic heterocycles. The van der Waals surface area contributed by atoms with Crippen molar-refractivity contribution in [2.45, 2.75) is 137 Å². The molecule has 0 spiro atoms. The summed E-state index contributed by atoms with van der Waals surface area (Å²) in [6.45, 7) is 9.30. The zero-order valence-corrected chi connectivity index (χ0v) is 20.5. The van der Waals surface area contributed by atoms with Gasteiger partial charge < -0.3 is 9.79 Å². The predicted molar refractivity (Wildman–Crippen MR) is 126 cm³/mol. The molecule has 0 atom stereocenters. The van der Waals surface area contributed by atoms with Crippen molar-refractivity contribution in [3.05, 3.63) is 11.6 Å². The van der Waals surface area contributed by atoms with Gasteiger partial charge in [0.15, 0.2) is 0 Å². The minimum Gasteiger partial charge on any atom is -0.326 e. The Balaban J connectivity index is 0. The Morgan fingerprint density at radius 1 is 0.750 bits per heavy atom. The zero-order valence-electron chi connectivity index (χ0n) is 19.5. The van der Waals surface area contributed by atoms with Crippen LogP contribution in [0.2, 0.25) is 0 Å². The van der Waals surface area contributed by atoms with Gasteiger partial charge in [-0.2, -0.15) is 0 Å². The highest BCUT2D eigenvalue weighted by Crippen LogP contribution is 2.20. The van der Waals surface area contributed by atoms with Gasteiger partial charge in [-0.1, -0.05) is 110 Å². The highest BCUT2D eigenvalue weighted by molar-refractivity contribution is 7.30. The summed E-state index contributed by atoms with van der Waals surface area (Å²) in [6.07, 6.45) is 26.6. The lowest BCUT2D eigenvalue weighted by Crippen LogP contribution is -1.90. The Bertz CT molecular complexity index is 332. The molecule has 28 heavy (non-hydrogen) atoms. The van der Waals surface area contributed by atoms with Crippen LogP contribution >= 0.6 is 8.25 Å². The van der Waals surface area contributed by atoms with Crippen LogP contribution in [0.25, 0.3) is 0 Å². The molecular weight excluding hydrogens is 367 g/mol. The lowest BCUT2D eigenvalue weighted by Gasteiger charge is -2.09. The SMILES string of the molecule is CCCCCCCCC(=CCCCC(C)C)CCCCCCCC.O=[PH](O)O. The van der Waals surface area contributed by atoms with Crippen molar-refractivity contribution in [1.29, 1.82) is 0 Å². The Kier molecular flexibility index (Phi) is 26.8. The van der Waals surface area contributed by atoms with E-state index in [0.29, 0.717) is 0 Å². The van der Waals surface area contributed by atoms with Crippen LogP contribution in [-0.2, 0) is 4.57 Å². The van der Waals surface area contributed by atoms with Crippen LogP contribution in [0.4, 0.5) is 0 Å². The first-order valence-electron chi connectivity index (χ1n) is 12.0. The van der Waals surface area contributed by atoms with E-state index in [1.807, 2.05) is 0 Å². The van der Waals surface area contributed by atoms with Crippen LogP contribution in [0.3, 0.4) is 0 Å². The molecule has 0 aromatic carbocycles. The molecule has 0 fully saturated rings. The van der Waals surface area contributed by atoms with Gasteiger partial charge in [0.1, 0.15) is 0 Å². The molecule has 0 aromatic rings. The first-order valence-corrected chi connectivity index (χ1v) is 13.3. The van der Waals surface area contributed by atoms with Crippen LogP contribution in [0.1, 0.15) is 137 Å². The second-order valence-electron chi connectivity index (χ2n) is 8.51. The second-order valence-corrected chi connectivity index (χ2v) is 9.07. The van der Waals surface area contributed by atoms with E-state index in [1.165, 1.54) is 109 Å². The van der Waals surface area contributed by atoms with E-state index in [4.69, 9.17) is 14.4 Å². The summed E-state index contributed by atoms with van der Waals surface area (Å²) < 4.78 is 8.74. The van der Waals surface area contributed by atoms with Gasteiger partial charge in [0.25, 0.3) is 0 Å². The highest BCUT2D eigenvalue weighted by atomic mass is 31.1. The van der Waals surface area contributed by atoms with E-state index in [1.54, 1.807) is 5.57 Å². The Morgan fingerprint density at radius 3 is 1.54 bits per heavy atom. The summed E-state index contributed by atoms with van der Waals surface area (Å²) >= 11 is 0. The van der Waals surface area contributed by atoms with Crippen molar-refractivity contribution in [2.24, 2.45) is 5.92 Å². The van der Waals surface area contributed by atoms with Crippen LogP contribution in [0, 0.1) is 5.92 Å². The van der Waals surface area contributed by atoms with Crippen molar-refractivity contribution in [3.8, 4) is 0 Å². The predicted octanol–water partition coefficient (Wildman–Crippen LogP) is 8.60. The first-order chi connectivity index (χ1) is 13.4. The fourth-order valence-electron chi connectivity index (χ4n) is 3.43. The van der Waals surface area contributed by atoms with Gasteiger partial charge in [0.2, 0.25) is 0 Å². The number of hydrogen-bond acceptors (Lipinski definition) is 1. The van der Waals surface area contributed by atoms with Gasteiger partial charge >= 0.3 is 8.25 Å². The number of hydrogen-bond donors (Lipinski definition) is 2. The Hall–Kier alpha value is -0.110. The summed E-state index contributed by atoms with van der Waals surface area (Å²) in [4.78, 5) is 14.3. The molecule has 0 rings (SSSR count). The van der Waals surface area contributed by atoms with Crippen LogP contribution in [0.5, 0.6) is 0 Å². The lowest BCUT2D eigenvalue weighted by molar-refractivity contribution is 0.405. The molecule has 2 N–H and O–H groups in total. The van der Waals surface area contributed by atoms with E-state index in [2.05, 4.69) is 33.8 Å². The number of rotatable bonds is 18. The fraction of sp³-hybridized carbons (Fsp3) is 0.917. The van der Waals surface area contributed by atoms with Crippen molar-refractivity contribution >= 4 is 8.25 Å². The van der Waals surface area contributed by atoms with Gasteiger partial charge in [-0.3, -0.25) is 4.57 Å². The van der Waals surface area contributed by atoms with Gasteiger partial charge in [-0.25, -0.2) is 0 Å². The molecule has 0 aromatic heterocycles. The fourth-order valence-corrected chi connectivity index (χ4v) is 3.43. The molecule has 0 aliphatic rings. The van der Waals surface area contributed by atoms with Gasteiger partial charge in [-0.15, -0.1) is 0 Å². The van der Waals surface area contributed by atoms with Crippen molar-refractivity contribution in [2.75, 3.05) is 0 Å². The van der Waals surface area contributed by atoms with Crippen molar-refractivity contribution < 1.29 is 14.4 Å². The molecule has 4 heteroatoms. The largest absolute Gasteiger partial charge is 0.326 e. The van der Waals surface area contributed by atoms with E-state index in [0.717, 1.165) is 5.92 Å². The number of unbranched alkanes of at least 4 members (excludes halogenated alkanes) is 11. The van der Waals surface area contributed by atoms with Crippen LogP contribution in [0.15, 0.2) is 11.6 Å². The lowest BCUT2D eigenvalue weighted by atomic mass is 9.97. The second kappa shape index (κ2) is 24.9. The minimum atomic E-state index is -3.13. The molecule has 0 amide bonds. The average molecular weight is 419 g/mol. The summed E-state index contributed by atoms with van der Waals surface area (Å²) in [5.74, 6) is 0.860. The van der Waals surface area contributed by atoms with Crippen LogP contribution < -0.4 is 0 Å². The first kappa shape index (κ1) is 30.1. The highest BCUT2D eigenvalue weighted by Gasteiger charge is 2.00. The maximum absolute atomic E-state index is 8.74. The van der Waals surface area contributed by atoms with E-state index in [9.17, 15) is 0 Å². The monoisotopic (exact) mass is 418 g/mol. The topological polar surface area (TPSA) is 57.5 Å². The third-order valence-electron chi connectivity index (χ3n) is 5.12. The third-order valence-corrected chi connectivity index (χ3v) is 5.12. The molecule has 0 aliphatic carbocycles. The molecule has 0 saturated heterocycles. The Morgan fingerprint density at radius 2 is 1.14 bits per heavy atom. The summed E-state index contributed by atoms with van der Waals surface area (Å²) in [5, 5.41) is 0. The average Bonchev–Trinajstić information content (AvgIpc) is 2.63. The third kappa shape index (κ3) is 30.6. The molecular formula is C24H51O3P. The van der Waals surface area contributed by atoms with Crippen LogP contribution in [-0.4, -0.2) is 9.79 Å². The normalized spacial score (nSPS) is 10.9. The van der Waals surface area contributed by atoms with Crippen molar-refractivity contribution in [1.82, 2.24) is 0 Å². The van der Waals surface area contributed by atoms with E-state index >= 15 is 0 Å². The molecule has 0 heterocycles. The molecule has 170 valence electrons. The van der Waals surface area contributed by atoms with Gasteiger partial charge in [0.05, 0.1) is 0 Å². The maximum Gasteiger partial charge on any atom is 0.314 e. The standard InChI is InChI=1S/C24H48.H3O3P/c1-5-7-9-11-13-15-20-24(22-18-17-19-23(3)4)21-16-14-12-10-8-6-2;1-4(2)3/h22-23H,5-21H2,1-4H3;4H,(H2,1,2,3). The molecule has 0 saturated carbocycles. The molecule has 0 radical (unpaired) electrons. The molecule has 0 unspecified atom stereocenters. The maximum atomic E-state index is 8.74. The molecule has 3 nitrogen and oxygen atoms in total. The minimum absolute atomic E-state index is 0.860. The van der Waals surface area contributed by atoms with Crippen molar-refractivity contribution in [3.63, 3.8) is 0 Å². The quantitative estimate of drug-likeness (QED) is 0.133. The Labute approximate surface area is 177 Å². The zero-order chi connectivity index (χ0) is 21.5. The molecule has 0 bridgehead atoms.